The van der Waals surface area contributed by atoms with Crippen molar-refractivity contribution in [2.45, 2.75) is 71.8 Å². The molecule has 1 amide bonds. The van der Waals surface area contributed by atoms with Crippen LogP contribution in [0.25, 0.3) is 11.1 Å². The second kappa shape index (κ2) is 17.1. The number of nitrogens with zero attached hydrogens (tertiary/aromatic N) is 1. The molecule has 42 heavy (non-hydrogen) atoms. The lowest BCUT2D eigenvalue weighted by molar-refractivity contribution is -0.137. The number of carbonyl (C=O) groups is 2. The number of ether oxygens (including phenoxy) is 1. The zero-order chi connectivity index (χ0) is 31.1. The number of carboxylic acid groups (broad SMARTS) is 1. The maximum absolute atomic E-state index is 10.9. The van der Waals surface area contributed by atoms with Gasteiger partial charge in [0, 0.05) is 25.9 Å². The molecule has 0 aliphatic heterocycles. The second-order valence-corrected chi connectivity index (χ2v) is 11.3. The number of aryl methyl sites for hydroxylation is 2. The fourth-order valence-electron chi connectivity index (χ4n) is 4.52. The number of aliphatic carboxylic acids is 1. The van der Waals surface area contributed by atoms with E-state index in [1.165, 1.54) is 21.6 Å². The number of benzene rings is 3. The molecule has 0 saturated heterocycles. The Morgan fingerprint density at radius 2 is 1.57 bits per heavy atom. The molecule has 3 N–H and O–H groups in total. The maximum atomic E-state index is 10.9. The van der Waals surface area contributed by atoms with Crippen LogP contribution in [0.4, 0.5) is 0 Å². The first-order valence-electron chi connectivity index (χ1n) is 14.5. The Morgan fingerprint density at radius 1 is 0.952 bits per heavy atom. The fraction of sp³-hybridized carbons (Fsp3) is 0.400. The highest BCUT2D eigenvalue weighted by Gasteiger charge is 2.12. The third-order valence-corrected chi connectivity index (χ3v) is 7.07. The molecule has 0 aromatic heterocycles. The Morgan fingerprint density at radius 3 is 2.10 bits per heavy atom. The van der Waals surface area contributed by atoms with E-state index in [0.717, 1.165) is 36.1 Å². The van der Waals surface area contributed by atoms with Gasteiger partial charge in [0.1, 0.15) is 11.6 Å². The summed E-state index contributed by atoms with van der Waals surface area (Å²) in [5, 5.41) is 20.0. The summed E-state index contributed by atoms with van der Waals surface area (Å²) in [6, 6.07) is 22.9. The zero-order valence-corrected chi connectivity index (χ0v) is 26.0. The van der Waals surface area contributed by atoms with Gasteiger partial charge in [-0.15, -0.1) is 0 Å². The molecule has 0 saturated carbocycles. The molecule has 226 valence electrons. The van der Waals surface area contributed by atoms with E-state index in [0.29, 0.717) is 37.4 Å². The summed E-state index contributed by atoms with van der Waals surface area (Å²) in [5.41, 5.74) is 7.13. The predicted molar refractivity (Wildman–Crippen MR) is 171 cm³/mol. The van der Waals surface area contributed by atoms with Gasteiger partial charge in [0.2, 0.25) is 6.41 Å². The minimum Gasteiger partial charge on any atom is -0.496 e. The summed E-state index contributed by atoms with van der Waals surface area (Å²) < 4.78 is 5.35. The van der Waals surface area contributed by atoms with Crippen molar-refractivity contribution >= 4 is 18.2 Å². The van der Waals surface area contributed by atoms with Crippen LogP contribution < -0.4 is 10.1 Å². The van der Waals surface area contributed by atoms with Crippen molar-refractivity contribution in [3.05, 3.63) is 89.0 Å². The average molecular weight is 574 g/mol. The van der Waals surface area contributed by atoms with Gasteiger partial charge in [0.25, 0.3) is 0 Å². The molecule has 0 aliphatic carbocycles. The van der Waals surface area contributed by atoms with E-state index in [4.69, 9.17) is 15.3 Å². The van der Waals surface area contributed by atoms with Crippen molar-refractivity contribution in [2.75, 3.05) is 20.7 Å². The van der Waals surface area contributed by atoms with E-state index in [9.17, 15) is 9.59 Å². The van der Waals surface area contributed by atoms with Crippen LogP contribution in [0.3, 0.4) is 0 Å². The lowest BCUT2D eigenvalue weighted by Gasteiger charge is -2.19. The summed E-state index contributed by atoms with van der Waals surface area (Å²) in [7, 11) is 3.56. The highest BCUT2D eigenvalue weighted by molar-refractivity contribution is 5.88. The minimum atomic E-state index is -0.829. The molecule has 0 heterocycles. The average Bonchev–Trinajstić information content (AvgIpc) is 2.97. The molecule has 3 aromatic carbocycles. The highest BCUT2D eigenvalue weighted by atomic mass is 16.5. The van der Waals surface area contributed by atoms with E-state index in [1.807, 2.05) is 44.3 Å². The van der Waals surface area contributed by atoms with Crippen LogP contribution in [-0.4, -0.2) is 48.9 Å². The van der Waals surface area contributed by atoms with Crippen LogP contribution in [0.15, 0.2) is 66.7 Å². The fourth-order valence-corrected chi connectivity index (χ4v) is 4.52. The number of amidine groups is 1. The number of carboxylic acids is 1. The number of methoxy groups -OCH3 is 1. The summed E-state index contributed by atoms with van der Waals surface area (Å²) >= 11 is 0. The number of hydrogen-bond donors (Lipinski definition) is 3. The Hall–Kier alpha value is -3.97. The minimum absolute atomic E-state index is 0.0628. The first kappa shape index (κ1) is 34.2. The molecule has 3 rings (SSSR count). The molecule has 0 unspecified atom stereocenters. The quantitative estimate of drug-likeness (QED) is 0.118. The summed E-state index contributed by atoms with van der Waals surface area (Å²) in [5.74, 6) is 0.224. The van der Waals surface area contributed by atoms with Crippen molar-refractivity contribution in [1.29, 1.82) is 5.41 Å². The van der Waals surface area contributed by atoms with E-state index in [-0.39, 0.29) is 11.8 Å². The Kier molecular flexibility index (Phi) is 13.9. The Balaban J connectivity index is 0.000000395. The van der Waals surface area contributed by atoms with Crippen molar-refractivity contribution in [3.8, 4) is 16.9 Å². The number of nitrogens with one attached hydrogen (secondary N) is 2. The number of rotatable bonds is 13. The van der Waals surface area contributed by atoms with E-state index < -0.39 is 5.97 Å². The van der Waals surface area contributed by atoms with Crippen LogP contribution in [0.5, 0.6) is 5.75 Å². The van der Waals surface area contributed by atoms with Gasteiger partial charge in [-0.1, -0.05) is 75.4 Å². The van der Waals surface area contributed by atoms with Crippen molar-refractivity contribution < 1.29 is 19.4 Å². The van der Waals surface area contributed by atoms with Gasteiger partial charge in [-0.2, -0.15) is 0 Å². The first-order valence-corrected chi connectivity index (χ1v) is 14.5. The standard InChI is InChI=1S/C23H28N2O4.C12H19N/c1-3-25(16-26)22(24)6-4-5-17-7-9-18(10-8-17)19-11-13-21(29-2)20(15-19)12-14-23(27)28;1-12(2,3)11-7-5-10(6-8-11)9-13-4/h7-11,13,15-16,24H,3-6,12,14H2,1-2H3,(H,27,28);5-8,13H,9H2,1-4H3. The van der Waals surface area contributed by atoms with Crippen molar-refractivity contribution in [2.24, 2.45) is 0 Å². The third-order valence-electron chi connectivity index (χ3n) is 7.07. The topological polar surface area (TPSA) is 103 Å². The van der Waals surface area contributed by atoms with Gasteiger partial charge >= 0.3 is 5.97 Å². The Bertz CT molecular complexity index is 1280. The van der Waals surface area contributed by atoms with Crippen molar-refractivity contribution in [3.63, 3.8) is 0 Å². The maximum Gasteiger partial charge on any atom is 0.303 e. The zero-order valence-electron chi connectivity index (χ0n) is 26.0. The Labute approximate surface area is 251 Å². The van der Waals surface area contributed by atoms with E-state index in [2.05, 4.69) is 62.5 Å². The van der Waals surface area contributed by atoms with Gasteiger partial charge in [-0.25, -0.2) is 0 Å². The lowest BCUT2D eigenvalue weighted by Crippen LogP contribution is -2.28. The third kappa shape index (κ3) is 11.1. The molecule has 0 atom stereocenters. The molecule has 0 radical (unpaired) electrons. The van der Waals surface area contributed by atoms with Crippen LogP contribution in [0.2, 0.25) is 0 Å². The van der Waals surface area contributed by atoms with Gasteiger partial charge in [-0.3, -0.25) is 15.0 Å². The molecule has 0 bridgehead atoms. The van der Waals surface area contributed by atoms with Gasteiger partial charge in [0.05, 0.1) is 7.11 Å². The first-order chi connectivity index (χ1) is 20.0. The smallest absolute Gasteiger partial charge is 0.303 e. The normalized spacial score (nSPS) is 10.8. The predicted octanol–water partition coefficient (Wildman–Crippen LogP) is 6.86. The molecule has 0 aliphatic rings. The van der Waals surface area contributed by atoms with Crippen LogP contribution in [-0.2, 0) is 34.4 Å². The summed E-state index contributed by atoms with van der Waals surface area (Å²) in [6.45, 7) is 10.0. The van der Waals surface area contributed by atoms with Crippen LogP contribution in [0.1, 0.15) is 69.2 Å². The van der Waals surface area contributed by atoms with Gasteiger partial charge < -0.3 is 20.1 Å². The van der Waals surface area contributed by atoms with Crippen LogP contribution in [0, 0.1) is 5.41 Å². The number of carbonyl (C=O) groups excluding carboxylic acids is 1. The second-order valence-electron chi connectivity index (χ2n) is 11.3. The molecule has 7 nitrogen and oxygen atoms in total. The number of amides is 1. The van der Waals surface area contributed by atoms with Gasteiger partial charge in [-0.05, 0) is 84.2 Å². The van der Waals surface area contributed by atoms with Gasteiger partial charge in [0.15, 0.2) is 0 Å². The largest absolute Gasteiger partial charge is 0.496 e. The van der Waals surface area contributed by atoms with E-state index in [1.54, 1.807) is 7.11 Å². The molecule has 3 aromatic rings. The molecule has 0 spiro atoms. The lowest BCUT2D eigenvalue weighted by atomic mass is 9.87. The molecule has 7 heteroatoms. The molecular weight excluding hydrogens is 526 g/mol. The van der Waals surface area contributed by atoms with Crippen LogP contribution >= 0.6 is 0 Å². The van der Waals surface area contributed by atoms with E-state index >= 15 is 0 Å². The monoisotopic (exact) mass is 573 g/mol. The molecule has 0 fully saturated rings. The SMILES string of the molecule is CCN(C=O)C(=N)CCCc1ccc(-c2ccc(OC)c(CCC(=O)O)c2)cc1.CNCc1ccc(C(C)(C)C)cc1. The van der Waals surface area contributed by atoms with Crippen molar-refractivity contribution in [1.82, 2.24) is 10.2 Å². The summed E-state index contributed by atoms with van der Waals surface area (Å²) in [6.07, 6.45) is 3.41. The summed E-state index contributed by atoms with van der Waals surface area (Å²) in [4.78, 5) is 23.2. The highest BCUT2D eigenvalue weighted by Crippen LogP contribution is 2.28. The number of hydrogen-bond acceptors (Lipinski definition) is 5. The molecular formula is C35H47N3O4.